The minimum absolute atomic E-state index is 0.00513. The molecule has 182 valence electrons. The largest absolute Gasteiger partial charge is 0.431 e. The Balaban J connectivity index is 1.64. The number of oxazole rings is 1. The number of rotatable bonds is 8. The number of carbonyl (C=O) groups excluding carboxylic acids is 1. The highest BCUT2D eigenvalue weighted by Crippen LogP contribution is 2.24. The van der Waals surface area contributed by atoms with Crippen LogP contribution in [0.25, 0.3) is 0 Å². The van der Waals surface area contributed by atoms with Gasteiger partial charge in [-0.05, 0) is 37.5 Å². The first-order valence-corrected chi connectivity index (χ1v) is 13.7. The van der Waals surface area contributed by atoms with Gasteiger partial charge in [-0.2, -0.15) is 17.7 Å². The van der Waals surface area contributed by atoms with Gasteiger partial charge in [-0.15, -0.1) is 0 Å². The molecule has 1 aromatic carbocycles. The number of benzene rings is 1. The van der Waals surface area contributed by atoms with E-state index >= 15 is 0 Å². The topological polar surface area (TPSA) is 142 Å². The molecule has 0 bridgehead atoms. The van der Waals surface area contributed by atoms with Crippen LogP contribution in [0.1, 0.15) is 35.8 Å². The molecule has 0 aliphatic carbocycles. The maximum atomic E-state index is 12.7. The summed E-state index contributed by atoms with van der Waals surface area (Å²) in [4.78, 5) is 16.5. The predicted octanol–water partition coefficient (Wildman–Crippen LogP) is 2.10. The second-order valence-corrected chi connectivity index (χ2v) is 11.7. The Morgan fingerprint density at radius 3 is 2.58 bits per heavy atom. The van der Waals surface area contributed by atoms with Crippen LogP contribution in [0.5, 0.6) is 0 Å². The van der Waals surface area contributed by atoms with Crippen LogP contribution >= 0.6 is 11.6 Å². The lowest BCUT2D eigenvalue weighted by Gasteiger charge is -2.21. The van der Waals surface area contributed by atoms with Gasteiger partial charge in [0.05, 0.1) is 5.75 Å². The maximum absolute atomic E-state index is 12.7. The van der Waals surface area contributed by atoms with E-state index in [1.807, 2.05) is 11.6 Å². The van der Waals surface area contributed by atoms with Gasteiger partial charge >= 0.3 is 10.2 Å². The highest BCUT2D eigenvalue weighted by molar-refractivity contribution is 7.89. The van der Waals surface area contributed by atoms with E-state index in [1.54, 1.807) is 25.1 Å². The van der Waals surface area contributed by atoms with Crippen molar-refractivity contribution in [2.45, 2.75) is 26.7 Å². The summed E-state index contributed by atoms with van der Waals surface area (Å²) in [5.74, 6) is -0.956. The van der Waals surface area contributed by atoms with E-state index in [0.29, 0.717) is 23.6 Å². The third-order valence-electron chi connectivity index (χ3n) is 5.01. The lowest BCUT2D eigenvalue weighted by atomic mass is 10.2. The van der Waals surface area contributed by atoms with E-state index < -0.39 is 26.1 Å². The van der Waals surface area contributed by atoms with Crippen molar-refractivity contribution in [3.05, 3.63) is 40.7 Å². The third-order valence-corrected chi connectivity index (χ3v) is 8.81. The molecule has 2 N–H and O–H groups in total. The number of nitrogens with zero attached hydrogens (tertiary/aromatic N) is 3. The zero-order chi connectivity index (χ0) is 24.2. The average Bonchev–Trinajstić information content (AvgIpc) is 3.03. The smallest absolute Gasteiger partial charge is 0.304 e. The molecule has 0 atom stereocenters. The molecule has 1 aromatic heterocycles. The fourth-order valence-electron chi connectivity index (χ4n) is 3.29. The van der Waals surface area contributed by atoms with Gasteiger partial charge in [0.2, 0.25) is 10.0 Å². The molecular formula is C19H26ClN5O6S2. The lowest BCUT2D eigenvalue weighted by Crippen LogP contribution is -2.45. The van der Waals surface area contributed by atoms with E-state index in [4.69, 9.17) is 16.0 Å². The quantitative estimate of drug-likeness (QED) is 0.540. The van der Waals surface area contributed by atoms with Crippen molar-refractivity contribution in [2.75, 3.05) is 37.2 Å². The molecule has 1 fully saturated rings. The second kappa shape index (κ2) is 10.4. The summed E-state index contributed by atoms with van der Waals surface area (Å²) in [6, 6.07) is 5.18. The molecule has 0 radical (unpaired) electrons. The van der Waals surface area contributed by atoms with E-state index in [2.05, 4.69) is 10.3 Å². The number of sulfonamides is 1. The van der Waals surface area contributed by atoms with Crippen molar-refractivity contribution in [3.63, 3.8) is 0 Å². The molecule has 33 heavy (non-hydrogen) atoms. The van der Waals surface area contributed by atoms with Gasteiger partial charge in [0.1, 0.15) is 6.26 Å². The minimum atomic E-state index is -4.20. The van der Waals surface area contributed by atoms with Crippen molar-refractivity contribution >= 4 is 49.4 Å². The molecule has 2 aromatic rings. The number of nitrogens with one attached hydrogen (secondary N) is 2. The van der Waals surface area contributed by atoms with Gasteiger partial charge in [-0.25, -0.2) is 17.4 Å². The first-order chi connectivity index (χ1) is 15.5. The number of anilines is 2. The summed E-state index contributed by atoms with van der Waals surface area (Å²) in [6.45, 7) is 3.88. The third kappa shape index (κ3) is 6.44. The van der Waals surface area contributed by atoms with Crippen molar-refractivity contribution in [3.8, 4) is 0 Å². The van der Waals surface area contributed by atoms with E-state index in [-0.39, 0.29) is 43.6 Å². The van der Waals surface area contributed by atoms with Crippen LogP contribution in [0.15, 0.2) is 28.9 Å². The highest BCUT2D eigenvalue weighted by Gasteiger charge is 2.31. The zero-order valence-electron chi connectivity index (χ0n) is 18.2. The standard InChI is InChI=1S/C19H26ClN5O6S2/c1-3-11-32(27,28)24-7-4-8-25(10-9-24)33(29,30)23-18(26)17-13-31-19(22-17)21-16-12-15(20)6-5-14(16)2/h5-6,12-13H,3-4,7-11H2,1-2H3,(H,21,22)(H,23,26). The number of halogens is 1. The fourth-order valence-corrected chi connectivity index (χ4v) is 6.16. The normalized spacial score (nSPS) is 16.3. The summed E-state index contributed by atoms with van der Waals surface area (Å²) in [5, 5.41) is 3.38. The Bertz CT molecular complexity index is 1220. The molecule has 3 rings (SSSR count). The summed E-state index contributed by atoms with van der Waals surface area (Å²) in [5.41, 5.74) is 1.25. The minimum Gasteiger partial charge on any atom is -0.431 e. The molecule has 1 amide bonds. The summed E-state index contributed by atoms with van der Waals surface area (Å²) >= 11 is 5.98. The molecule has 11 nitrogen and oxygen atoms in total. The Kier molecular flexibility index (Phi) is 8.00. The van der Waals surface area contributed by atoms with Crippen LogP contribution in [-0.2, 0) is 20.2 Å². The van der Waals surface area contributed by atoms with Gasteiger partial charge in [0, 0.05) is 36.9 Å². The van der Waals surface area contributed by atoms with Gasteiger partial charge in [-0.3, -0.25) is 4.79 Å². The molecule has 1 saturated heterocycles. The first-order valence-electron chi connectivity index (χ1n) is 10.3. The molecule has 1 aliphatic heterocycles. The summed E-state index contributed by atoms with van der Waals surface area (Å²) in [7, 11) is -7.64. The maximum Gasteiger partial charge on any atom is 0.304 e. The van der Waals surface area contributed by atoms with Crippen LogP contribution in [0.4, 0.5) is 11.7 Å². The molecule has 1 aliphatic rings. The number of amides is 1. The SMILES string of the molecule is CCCS(=O)(=O)N1CCCN(S(=O)(=O)NC(=O)c2coc(Nc3cc(Cl)ccc3C)n2)CC1. The van der Waals surface area contributed by atoms with Gasteiger partial charge in [0.15, 0.2) is 5.69 Å². The predicted molar refractivity (Wildman–Crippen MR) is 124 cm³/mol. The van der Waals surface area contributed by atoms with Gasteiger partial charge in [-0.1, -0.05) is 24.6 Å². The highest BCUT2D eigenvalue weighted by atomic mass is 35.5. The number of aryl methyl sites for hydroxylation is 1. The number of hydrogen-bond acceptors (Lipinski definition) is 8. The molecule has 0 saturated carbocycles. The lowest BCUT2D eigenvalue weighted by molar-refractivity contribution is 0.0974. The Labute approximate surface area is 198 Å². The van der Waals surface area contributed by atoms with Crippen LogP contribution < -0.4 is 10.0 Å². The van der Waals surface area contributed by atoms with Crippen molar-refractivity contribution in [1.29, 1.82) is 0 Å². The first kappa shape index (κ1) is 25.4. The molecule has 2 heterocycles. The number of carbonyl (C=O) groups is 1. The molecule has 0 unspecified atom stereocenters. The van der Waals surface area contributed by atoms with Crippen LogP contribution in [-0.4, -0.2) is 68.3 Å². The Hall–Kier alpha value is -2.19. The van der Waals surface area contributed by atoms with Crippen molar-refractivity contribution < 1.29 is 26.0 Å². The number of hydrogen-bond donors (Lipinski definition) is 2. The molecule has 14 heteroatoms. The van der Waals surface area contributed by atoms with Crippen LogP contribution in [0.3, 0.4) is 0 Å². The summed E-state index contributed by atoms with van der Waals surface area (Å²) in [6.07, 6.45) is 1.83. The second-order valence-electron chi connectivity index (χ2n) is 7.53. The Morgan fingerprint density at radius 2 is 1.85 bits per heavy atom. The van der Waals surface area contributed by atoms with Crippen LogP contribution in [0.2, 0.25) is 5.02 Å². The van der Waals surface area contributed by atoms with Crippen molar-refractivity contribution in [2.24, 2.45) is 0 Å². The average molecular weight is 520 g/mol. The zero-order valence-corrected chi connectivity index (χ0v) is 20.6. The van der Waals surface area contributed by atoms with Crippen molar-refractivity contribution in [1.82, 2.24) is 18.3 Å². The summed E-state index contributed by atoms with van der Waals surface area (Å²) < 4.78 is 59.6. The van der Waals surface area contributed by atoms with E-state index in [9.17, 15) is 21.6 Å². The molecular weight excluding hydrogens is 494 g/mol. The fraction of sp³-hybridized carbons (Fsp3) is 0.474. The van der Waals surface area contributed by atoms with E-state index in [0.717, 1.165) is 16.1 Å². The van der Waals surface area contributed by atoms with E-state index in [1.165, 1.54) is 4.31 Å². The van der Waals surface area contributed by atoms with Crippen LogP contribution in [0, 0.1) is 6.92 Å². The monoisotopic (exact) mass is 519 g/mol. The molecule has 0 spiro atoms. The number of aromatic nitrogens is 1. The Morgan fingerprint density at radius 1 is 1.15 bits per heavy atom. The van der Waals surface area contributed by atoms with Gasteiger partial charge in [0.25, 0.3) is 11.9 Å². The van der Waals surface area contributed by atoms with Gasteiger partial charge < -0.3 is 9.73 Å².